The van der Waals surface area contributed by atoms with Crippen molar-refractivity contribution in [2.24, 2.45) is 0 Å². The Morgan fingerprint density at radius 3 is 2.94 bits per heavy atom. The number of ether oxygens (including phenoxy) is 1. The molecule has 1 heterocycles. The van der Waals surface area contributed by atoms with Crippen molar-refractivity contribution in [1.82, 2.24) is 0 Å². The van der Waals surface area contributed by atoms with E-state index in [1.54, 1.807) is 23.9 Å². The molecular formula is C15H14O2S. The minimum Gasteiger partial charge on any atom is -0.508 e. The van der Waals surface area contributed by atoms with E-state index in [-0.39, 0.29) is 0 Å². The summed E-state index contributed by atoms with van der Waals surface area (Å²) in [6.45, 7) is 0.755. The van der Waals surface area contributed by atoms with E-state index < -0.39 is 0 Å². The average molecular weight is 258 g/mol. The van der Waals surface area contributed by atoms with Gasteiger partial charge in [-0.25, -0.2) is 0 Å². The third-order valence-electron chi connectivity index (χ3n) is 3.07. The van der Waals surface area contributed by atoms with Gasteiger partial charge in [0, 0.05) is 22.1 Å². The summed E-state index contributed by atoms with van der Waals surface area (Å²) in [5.41, 5.74) is 1.30. The Labute approximate surface area is 111 Å². The molecule has 0 saturated heterocycles. The molecule has 2 aromatic rings. The predicted octanol–water partition coefficient (Wildman–Crippen LogP) is 3.66. The van der Waals surface area contributed by atoms with Crippen LogP contribution in [0.4, 0.5) is 0 Å². The minimum atomic E-state index is 0.322. The first-order valence-electron chi connectivity index (χ1n) is 5.96. The number of hydrogen-bond donors (Lipinski definition) is 1. The number of fused-ring (bicyclic) bond motifs is 1. The van der Waals surface area contributed by atoms with E-state index in [9.17, 15) is 5.11 Å². The van der Waals surface area contributed by atoms with Crippen LogP contribution in [0.3, 0.4) is 0 Å². The summed E-state index contributed by atoms with van der Waals surface area (Å²) in [7, 11) is 0. The molecule has 0 aliphatic carbocycles. The highest BCUT2D eigenvalue weighted by Crippen LogP contribution is 2.37. The molecule has 0 aromatic heterocycles. The number of hydrogen-bond acceptors (Lipinski definition) is 3. The molecule has 92 valence electrons. The minimum absolute atomic E-state index is 0.322. The second-order valence-corrected chi connectivity index (χ2v) is 5.45. The summed E-state index contributed by atoms with van der Waals surface area (Å²) in [6, 6.07) is 15.6. The summed E-state index contributed by atoms with van der Waals surface area (Å²) < 4.78 is 5.66. The van der Waals surface area contributed by atoms with Gasteiger partial charge in [-0.1, -0.05) is 24.3 Å². The summed E-state index contributed by atoms with van der Waals surface area (Å²) in [5, 5.41) is 9.42. The van der Waals surface area contributed by atoms with Crippen LogP contribution in [0.2, 0.25) is 0 Å². The van der Waals surface area contributed by atoms with Crippen LogP contribution in [0.25, 0.3) is 0 Å². The van der Waals surface area contributed by atoms with E-state index >= 15 is 0 Å². The molecule has 2 aromatic carbocycles. The van der Waals surface area contributed by atoms with E-state index in [1.165, 1.54) is 5.56 Å². The van der Waals surface area contributed by atoms with Crippen LogP contribution < -0.4 is 4.74 Å². The summed E-state index contributed by atoms with van der Waals surface area (Å²) in [5.74, 6) is 2.75. The third kappa shape index (κ3) is 2.31. The van der Waals surface area contributed by atoms with Gasteiger partial charge < -0.3 is 9.84 Å². The number of thioether (sulfide) groups is 1. The molecule has 3 heteroatoms. The lowest BCUT2D eigenvalue weighted by Crippen LogP contribution is -2.03. The van der Waals surface area contributed by atoms with E-state index in [1.807, 2.05) is 24.3 Å². The van der Waals surface area contributed by atoms with Crippen LogP contribution >= 0.6 is 11.8 Å². The number of phenolic OH excluding ortho intramolecular Hbond substituents is 1. The van der Waals surface area contributed by atoms with Gasteiger partial charge in [-0.05, 0) is 24.3 Å². The van der Waals surface area contributed by atoms with Gasteiger partial charge >= 0.3 is 0 Å². The van der Waals surface area contributed by atoms with Crippen molar-refractivity contribution in [3.63, 3.8) is 0 Å². The molecule has 1 unspecified atom stereocenters. The Hall–Kier alpha value is -1.61. The fraction of sp³-hybridized carbons (Fsp3) is 0.200. The van der Waals surface area contributed by atoms with Gasteiger partial charge in [-0.2, -0.15) is 0 Å². The molecule has 1 aliphatic rings. The van der Waals surface area contributed by atoms with E-state index in [4.69, 9.17) is 4.74 Å². The Balaban J connectivity index is 1.69. The second kappa shape index (κ2) is 4.94. The fourth-order valence-corrected chi connectivity index (χ4v) is 3.19. The van der Waals surface area contributed by atoms with Gasteiger partial charge in [0.05, 0.1) is 6.61 Å². The third-order valence-corrected chi connectivity index (χ3v) is 4.22. The van der Waals surface area contributed by atoms with Crippen LogP contribution in [0.15, 0.2) is 53.4 Å². The highest BCUT2D eigenvalue weighted by molar-refractivity contribution is 7.99. The SMILES string of the molecule is Oc1cccc(SCC2COc3ccccc32)c1. The van der Waals surface area contributed by atoms with E-state index in [0.717, 1.165) is 23.0 Å². The van der Waals surface area contributed by atoms with Crippen molar-refractivity contribution in [3.8, 4) is 11.5 Å². The molecule has 0 bridgehead atoms. The molecule has 1 atom stereocenters. The molecule has 1 N–H and O–H groups in total. The smallest absolute Gasteiger partial charge is 0.122 e. The first-order chi connectivity index (χ1) is 8.83. The zero-order chi connectivity index (χ0) is 12.4. The summed E-state index contributed by atoms with van der Waals surface area (Å²) in [4.78, 5) is 1.10. The highest BCUT2D eigenvalue weighted by atomic mass is 32.2. The van der Waals surface area contributed by atoms with Crippen molar-refractivity contribution in [2.75, 3.05) is 12.4 Å². The van der Waals surface area contributed by atoms with Crippen molar-refractivity contribution in [2.45, 2.75) is 10.8 Å². The maximum absolute atomic E-state index is 9.42. The molecule has 0 fully saturated rings. The van der Waals surface area contributed by atoms with E-state index in [2.05, 4.69) is 12.1 Å². The first-order valence-corrected chi connectivity index (χ1v) is 6.95. The van der Waals surface area contributed by atoms with Gasteiger partial charge in [0.1, 0.15) is 11.5 Å². The van der Waals surface area contributed by atoms with Gasteiger partial charge in [0.15, 0.2) is 0 Å². The Bertz CT molecular complexity index is 554. The van der Waals surface area contributed by atoms with Crippen molar-refractivity contribution < 1.29 is 9.84 Å². The second-order valence-electron chi connectivity index (χ2n) is 4.35. The lowest BCUT2D eigenvalue weighted by molar-refractivity contribution is 0.339. The van der Waals surface area contributed by atoms with Crippen molar-refractivity contribution in [1.29, 1.82) is 0 Å². The zero-order valence-corrected chi connectivity index (χ0v) is 10.7. The van der Waals surface area contributed by atoms with Crippen LogP contribution in [0.5, 0.6) is 11.5 Å². The molecule has 3 rings (SSSR count). The molecule has 0 spiro atoms. The first kappa shape index (κ1) is 11.5. The largest absolute Gasteiger partial charge is 0.508 e. The van der Waals surface area contributed by atoms with Gasteiger partial charge in [0.2, 0.25) is 0 Å². The van der Waals surface area contributed by atoms with Crippen LogP contribution in [-0.4, -0.2) is 17.5 Å². The van der Waals surface area contributed by atoms with Crippen molar-refractivity contribution >= 4 is 11.8 Å². The number of benzene rings is 2. The van der Waals surface area contributed by atoms with Crippen LogP contribution in [0.1, 0.15) is 11.5 Å². The topological polar surface area (TPSA) is 29.5 Å². The molecule has 2 nitrogen and oxygen atoms in total. The molecular weight excluding hydrogens is 244 g/mol. The lowest BCUT2D eigenvalue weighted by atomic mass is 10.0. The summed E-state index contributed by atoms with van der Waals surface area (Å²) in [6.07, 6.45) is 0. The van der Waals surface area contributed by atoms with Crippen LogP contribution in [0, 0.1) is 0 Å². The predicted molar refractivity (Wildman–Crippen MR) is 73.5 cm³/mol. The quantitative estimate of drug-likeness (QED) is 0.852. The molecule has 18 heavy (non-hydrogen) atoms. The zero-order valence-electron chi connectivity index (χ0n) is 9.87. The Kier molecular flexibility index (Phi) is 3.15. The maximum Gasteiger partial charge on any atom is 0.122 e. The van der Waals surface area contributed by atoms with Crippen LogP contribution in [-0.2, 0) is 0 Å². The molecule has 0 saturated carbocycles. The fourth-order valence-electron chi connectivity index (χ4n) is 2.14. The van der Waals surface area contributed by atoms with Gasteiger partial charge in [-0.15, -0.1) is 11.8 Å². The highest BCUT2D eigenvalue weighted by Gasteiger charge is 2.23. The van der Waals surface area contributed by atoms with Gasteiger partial charge in [-0.3, -0.25) is 0 Å². The lowest BCUT2D eigenvalue weighted by Gasteiger charge is -2.08. The standard InChI is InChI=1S/C15H14O2S/c16-12-4-3-5-13(8-12)18-10-11-9-17-15-7-2-1-6-14(11)15/h1-8,11,16H,9-10H2. The van der Waals surface area contributed by atoms with E-state index in [0.29, 0.717) is 11.7 Å². The van der Waals surface area contributed by atoms with Crippen molar-refractivity contribution in [3.05, 3.63) is 54.1 Å². The normalized spacial score (nSPS) is 17.2. The Morgan fingerprint density at radius 1 is 1.17 bits per heavy atom. The number of phenols is 1. The average Bonchev–Trinajstić information content (AvgIpc) is 2.80. The number of aromatic hydroxyl groups is 1. The molecule has 0 radical (unpaired) electrons. The molecule has 0 amide bonds. The number of rotatable bonds is 3. The summed E-state index contributed by atoms with van der Waals surface area (Å²) >= 11 is 1.76. The monoisotopic (exact) mass is 258 g/mol. The molecule has 1 aliphatic heterocycles. The Morgan fingerprint density at radius 2 is 2.06 bits per heavy atom. The van der Waals surface area contributed by atoms with Gasteiger partial charge in [0.25, 0.3) is 0 Å². The maximum atomic E-state index is 9.42. The number of para-hydroxylation sites is 1.